The molecule has 17 heavy (non-hydrogen) atoms. The predicted octanol–water partition coefficient (Wildman–Crippen LogP) is 3.86. The van der Waals surface area contributed by atoms with Crippen molar-refractivity contribution in [3.63, 3.8) is 0 Å². The summed E-state index contributed by atoms with van der Waals surface area (Å²) in [6, 6.07) is 6.02. The van der Waals surface area contributed by atoms with Crippen LogP contribution < -0.4 is 5.32 Å². The lowest BCUT2D eigenvalue weighted by Gasteiger charge is -2.21. The number of rotatable bonds is 2. The molecular weight excluding hydrogens is 212 g/mol. The number of furan rings is 1. The van der Waals surface area contributed by atoms with Crippen molar-refractivity contribution in [2.75, 3.05) is 5.32 Å². The number of hydrogen-bond donors (Lipinski definition) is 1. The van der Waals surface area contributed by atoms with E-state index in [4.69, 9.17) is 4.42 Å². The molecule has 0 aromatic carbocycles. The topological polar surface area (TPSA) is 38.1 Å². The van der Waals surface area contributed by atoms with Crippen LogP contribution in [0.15, 0.2) is 35.1 Å². The fourth-order valence-electron chi connectivity index (χ4n) is 1.67. The molecule has 0 bridgehead atoms. The summed E-state index contributed by atoms with van der Waals surface area (Å²) in [5, 5.41) is 3.38. The number of pyridine rings is 1. The SMILES string of the molecule is Cc1cc(NC(C)(C)C)nc(-c2ccoc2)c1. The molecule has 2 aromatic heterocycles. The Morgan fingerprint density at radius 2 is 2.00 bits per heavy atom. The molecule has 0 amide bonds. The van der Waals surface area contributed by atoms with E-state index >= 15 is 0 Å². The largest absolute Gasteiger partial charge is 0.472 e. The van der Waals surface area contributed by atoms with Gasteiger partial charge in [-0.1, -0.05) is 0 Å². The maximum atomic E-state index is 5.09. The minimum Gasteiger partial charge on any atom is -0.472 e. The molecule has 2 rings (SSSR count). The van der Waals surface area contributed by atoms with Crippen LogP contribution in [0, 0.1) is 6.92 Å². The molecule has 0 aliphatic heterocycles. The highest BCUT2D eigenvalue weighted by molar-refractivity contribution is 5.61. The molecule has 0 aliphatic rings. The molecule has 90 valence electrons. The first-order valence-corrected chi connectivity index (χ1v) is 5.73. The quantitative estimate of drug-likeness (QED) is 0.851. The van der Waals surface area contributed by atoms with Crippen molar-refractivity contribution in [1.29, 1.82) is 0 Å². The van der Waals surface area contributed by atoms with E-state index in [0.29, 0.717) is 0 Å². The molecule has 0 spiro atoms. The van der Waals surface area contributed by atoms with Gasteiger partial charge in [-0.2, -0.15) is 0 Å². The van der Waals surface area contributed by atoms with Crippen molar-refractivity contribution < 1.29 is 4.42 Å². The highest BCUT2D eigenvalue weighted by Gasteiger charge is 2.11. The third-order valence-electron chi connectivity index (χ3n) is 2.29. The Balaban J connectivity index is 2.36. The number of nitrogens with zero attached hydrogens (tertiary/aromatic N) is 1. The first-order chi connectivity index (χ1) is 7.94. The first kappa shape index (κ1) is 11.7. The maximum Gasteiger partial charge on any atom is 0.127 e. The van der Waals surface area contributed by atoms with E-state index in [1.807, 2.05) is 6.07 Å². The van der Waals surface area contributed by atoms with Gasteiger partial charge in [-0.25, -0.2) is 4.98 Å². The van der Waals surface area contributed by atoms with Crippen LogP contribution in [0.4, 0.5) is 5.82 Å². The first-order valence-electron chi connectivity index (χ1n) is 5.73. The van der Waals surface area contributed by atoms with Gasteiger partial charge < -0.3 is 9.73 Å². The zero-order chi connectivity index (χ0) is 12.5. The summed E-state index contributed by atoms with van der Waals surface area (Å²) >= 11 is 0. The second kappa shape index (κ2) is 4.24. The molecule has 0 radical (unpaired) electrons. The van der Waals surface area contributed by atoms with Crippen LogP contribution in [-0.4, -0.2) is 10.5 Å². The zero-order valence-electron chi connectivity index (χ0n) is 10.7. The van der Waals surface area contributed by atoms with Gasteiger partial charge in [0, 0.05) is 11.1 Å². The van der Waals surface area contributed by atoms with Crippen LogP contribution >= 0.6 is 0 Å². The fraction of sp³-hybridized carbons (Fsp3) is 0.357. The molecular formula is C14H18N2O. The van der Waals surface area contributed by atoms with Crippen LogP contribution in [0.3, 0.4) is 0 Å². The Morgan fingerprint density at radius 1 is 1.24 bits per heavy atom. The minimum absolute atomic E-state index is 0.00839. The average Bonchev–Trinajstić information content (AvgIpc) is 2.65. The standard InChI is InChI=1S/C14H18N2O/c1-10-7-12(11-5-6-17-9-11)15-13(8-10)16-14(2,3)4/h5-9H,1-4H3,(H,15,16). The van der Waals surface area contributed by atoms with E-state index in [1.54, 1.807) is 12.5 Å². The van der Waals surface area contributed by atoms with Crippen molar-refractivity contribution in [2.45, 2.75) is 33.2 Å². The highest BCUT2D eigenvalue weighted by Crippen LogP contribution is 2.22. The minimum atomic E-state index is 0.00839. The fourth-order valence-corrected chi connectivity index (χ4v) is 1.67. The smallest absolute Gasteiger partial charge is 0.127 e. The molecule has 0 unspecified atom stereocenters. The molecule has 2 aromatic rings. The number of nitrogens with one attached hydrogen (secondary N) is 1. The van der Waals surface area contributed by atoms with Crippen LogP contribution in [-0.2, 0) is 0 Å². The summed E-state index contributed by atoms with van der Waals surface area (Å²) in [4.78, 5) is 4.59. The zero-order valence-corrected chi connectivity index (χ0v) is 10.7. The van der Waals surface area contributed by atoms with E-state index in [1.165, 1.54) is 5.56 Å². The highest BCUT2D eigenvalue weighted by atomic mass is 16.3. The van der Waals surface area contributed by atoms with Gasteiger partial charge in [0.2, 0.25) is 0 Å². The molecule has 3 heteroatoms. The molecule has 2 heterocycles. The van der Waals surface area contributed by atoms with Gasteiger partial charge in [0.1, 0.15) is 5.82 Å². The van der Waals surface area contributed by atoms with Gasteiger partial charge in [-0.15, -0.1) is 0 Å². The van der Waals surface area contributed by atoms with E-state index in [2.05, 4.69) is 50.1 Å². The second-order valence-electron chi connectivity index (χ2n) is 5.30. The molecule has 0 aliphatic carbocycles. The van der Waals surface area contributed by atoms with E-state index in [-0.39, 0.29) is 5.54 Å². The van der Waals surface area contributed by atoms with Crippen molar-refractivity contribution in [1.82, 2.24) is 4.98 Å². The summed E-state index contributed by atoms with van der Waals surface area (Å²) in [6.07, 6.45) is 3.37. The third-order valence-corrected chi connectivity index (χ3v) is 2.29. The van der Waals surface area contributed by atoms with Crippen molar-refractivity contribution in [2.24, 2.45) is 0 Å². The summed E-state index contributed by atoms with van der Waals surface area (Å²) in [6.45, 7) is 8.43. The van der Waals surface area contributed by atoms with Crippen LogP contribution in [0.5, 0.6) is 0 Å². The van der Waals surface area contributed by atoms with Crippen molar-refractivity contribution in [3.05, 3.63) is 36.3 Å². The second-order valence-corrected chi connectivity index (χ2v) is 5.30. The van der Waals surface area contributed by atoms with Gasteiger partial charge in [0.15, 0.2) is 0 Å². The van der Waals surface area contributed by atoms with Crippen LogP contribution in [0.2, 0.25) is 0 Å². The van der Waals surface area contributed by atoms with E-state index in [9.17, 15) is 0 Å². The van der Waals surface area contributed by atoms with E-state index < -0.39 is 0 Å². The lowest BCUT2D eigenvalue weighted by molar-refractivity contribution is 0.568. The van der Waals surface area contributed by atoms with Gasteiger partial charge >= 0.3 is 0 Å². The number of hydrogen-bond acceptors (Lipinski definition) is 3. The summed E-state index contributed by atoms with van der Waals surface area (Å²) in [5.74, 6) is 0.897. The van der Waals surface area contributed by atoms with Gasteiger partial charge in [0.25, 0.3) is 0 Å². The normalized spacial score (nSPS) is 11.5. The summed E-state index contributed by atoms with van der Waals surface area (Å²) in [5.41, 5.74) is 3.13. The predicted molar refractivity (Wildman–Crippen MR) is 70.1 cm³/mol. The van der Waals surface area contributed by atoms with Crippen molar-refractivity contribution >= 4 is 5.82 Å². The van der Waals surface area contributed by atoms with Crippen LogP contribution in [0.25, 0.3) is 11.3 Å². The third kappa shape index (κ3) is 3.09. The lowest BCUT2D eigenvalue weighted by Crippen LogP contribution is -2.26. The summed E-state index contributed by atoms with van der Waals surface area (Å²) < 4.78 is 5.09. The maximum absolute atomic E-state index is 5.09. The molecule has 0 fully saturated rings. The lowest BCUT2D eigenvalue weighted by atomic mass is 10.1. The Hall–Kier alpha value is -1.77. The van der Waals surface area contributed by atoms with Crippen LogP contribution in [0.1, 0.15) is 26.3 Å². The Morgan fingerprint density at radius 3 is 2.59 bits per heavy atom. The van der Waals surface area contributed by atoms with Gasteiger partial charge in [-0.3, -0.25) is 0 Å². The Kier molecular flexibility index (Phi) is 2.92. The average molecular weight is 230 g/mol. The number of aryl methyl sites for hydroxylation is 1. The number of anilines is 1. The Bertz CT molecular complexity index is 495. The molecule has 0 saturated carbocycles. The molecule has 3 nitrogen and oxygen atoms in total. The molecule has 0 saturated heterocycles. The summed E-state index contributed by atoms with van der Waals surface area (Å²) in [7, 11) is 0. The monoisotopic (exact) mass is 230 g/mol. The van der Waals surface area contributed by atoms with E-state index in [0.717, 1.165) is 17.1 Å². The van der Waals surface area contributed by atoms with Gasteiger partial charge in [0.05, 0.1) is 18.2 Å². The Labute approximate surface area is 102 Å². The molecule has 1 N–H and O–H groups in total. The molecule has 0 atom stereocenters. The number of aromatic nitrogens is 1. The van der Waals surface area contributed by atoms with Gasteiger partial charge in [-0.05, 0) is 51.5 Å². The van der Waals surface area contributed by atoms with Crippen molar-refractivity contribution in [3.8, 4) is 11.3 Å².